The molecule has 4 rings (SSSR count). The van der Waals surface area contributed by atoms with E-state index in [9.17, 15) is 23.3 Å². The second kappa shape index (κ2) is 8.72. The van der Waals surface area contributed by atoms with Crippen LogP contribution in [0.3, 0.4) is 0 Å². The van der Waals surface area contributed by atoms with E-state index in [1.165, 1.54) is 28.6 Å². The summed E-state index contributed by atoms with van der Waals surface area (Å²) in [7, 11) is -4.07. The third-order valence-corrected chi connectivity index (χ3v) is 7.98. The number of amides is 1. The average molecular weight is 445 g/mol. The maximum Gasteiger partial charge on any atom is 0.289 e. The van der Waals surface area contributed by atoms with Crippen molar-refractivity contribution in [2.45, 2.75) is 30.1 Å². The molecule has 2 fully saturated rings. The first-order valence-electron chi connectivity index (χ1n) is 10.3. The Balaban J connectivity index is 1.48. The molecule has 0 radical (unpaired) electrons. The van der Waals surface area contributed by atoms with E-state index in [1.54, 1.807) is 6.20 Å². The first-order valence-corrected chi connectivity index (χ1v) is 11.7. The van der Waals surface area contributed by atoms with E-state index in [2.05, 4.69) is 4.98 Å². The van der Waals surface area contributed by atoms with Crippen molar-refractivity contribution in [1.82, 2.24) is 14.2 Å². The summed E-state index contributed by atoms with van der Waals surface area (Å²) >= 11 is 0. The van der Waals surface area contributed by atoms with Crippen LogP contribution in [0.15, 0.2) is 53.7 Å². The van der Waals surface area contributed by atoms with Crippen molar-refractivity contribution >= 4 is 21.6 Å². The fraction of sp³-hybridized carbons (Fsp3) is 0.429. The van der Waals surface area contributed by atoms with Crippen molar-refractivity contribution in [2.24, 2.45) is 5.92 Å². The van der Waals surface area contributed by atoms with Gasteiger partial charge in [-0.2, -0.15) is 4.31 Å². The molecule has 0 aliphatic carbocycles. The van der Waals surface area contributed by atoms with Gasteiger partial charge in [0.05, 0.1) is 10.8 Å². The summed E-state index contributed by atoms with van der Waals surface area (Å²) in [4.78, 5) is 29.4. The summed E-state index contributed by atoms with van der Waals surface area (Å²) in [6.07, 6.45) is 5.53. The number of likely N-dealkylation sites (tertiary alicyclic amines) is 1. The highest BCUT2D eigenvalue weighted by molar-refractivity contribution is 7.89. The molecule has 0 bridgehead atoms. The number of sulfonamides is 1. The van der Waals surface area contributed by atoms with Gasteiger partial charge in [0.15, 0.2) is 4.90 Å². The summed E-state index contributed by atoms with van der Waals surface area (Å²) in [5, 5.41) is 11.3. The van der Waals surface area contributed by atoms with Crippen LogP contribution in [0.2, 0.25) is 0 Å². The summed E-state index contributed by atoms with van der Waals surface area (Å²) in [6, 6.07) is 9.22. The Kier molecular flexibility index (Phi) is 6.01. The van der Waals surface area contributed by atoms with E-state index in [4.69, 9.17) is 0 Å². The Morgan fingerprint density at radius 2 is 1.90 bits per heavy atom. The second-order valence-corrected chi connectivity index (χ2v) is 9.89. The number of benzene rings is 1. The van der Waals surface area contributed by atoms with Crippen molar-refractivity contribution in [3.05, 3.63) is 64.5 Å². The van der Waals surface area contributed by atoms with Crippen LogP contribution >= 0.6 is 0 Å². The van der Waals surface area contributed by atoms with E-state index >= 15 is 0 Å². The van der Waals surface area contributed by atoms with Gasteiger partial charge in [-0.25, -0.2) is 8.42 Å². The fourth-order valence-electron chi connectivity index (χ4n) is 4.44. The molecule has 1 aromatic heterocycles. The highest BCUT2D eigenvalue weighted by Gasteiger charge is 2.39. The predicted molar refractivity (Wildman–Crippen MR) is 113 cm³/mol. The van der Waals surface area contributed by atoms with E-state index < -0.39 is 26.6 Å². The maximum atomic E-state index is 13.1. The lowest BCUT2D eigenvalue weighted by atomic mass is 9.98. The Bertz CT molecular complexity index is 1080. The number of hydrogen-bond acceptors (Lipinski definition) is 6. The molecule has 10 heteroatoms. The number of nitro benzene ring substituents is 1. The highest BCUT2D eigenvalue weighted by atomic mass is 32.2. The van der Waals surface area contributed by atoms with Gasteiger partial charge in [0.25, 0.3) is 5.69 Å². The van der Waals surface area contributed by atoms with Crippen LogP contribution in [0.4, 0.5) is 5.69 Å². The molecule has 2 atom stereocenters. The van der Waals surface area contributed by atoms with Gasteiger partial charge >= 0.3 is 0 Å². The van der Waals surface area contributed by atoms with E-state index in [0.717, 1.165) is 12.0 Å². The van der Waals surface area contributed by atoms with Gasteiger partial charge in [0.1, 0.15) is 0 Å². The summed E-state index contributed by atoms with van der Waals surface area (Å²) in [5.74, 6) is -0.263. The summed E-state index contributed by atoms with van der Waals surface area (Å²) in [5.41, 5.74) is 0.650. The highest BCUT2D eigenvalue weighted by Crippen LogP contribution is 2.32. The molecule has 2 aliphatic rings. The van der Waals surface area contributed by atoms with Crippen molar-refractivity contribution in [3.63, 3.8) is 0 Å². The van der Waals surface area contributed by atoms with E-state index in [-0.39, 0.29) is 29.8 Å². The number of hydrogen-bond donors (Lipinski definition) is 0. The summed E-state index contributed by atoms with van der Waals surface area (Å²) in [6.45, 7) is 1.52. The van der Waals surface area contributed by atoms with E-state index in [1.807, 2.05) is 23.2 Å². The molecule has 0 spiro atoms. The predicted octanol–water partition coefficient (Wildman–Crippen LogP) is 2.41. The number of nitro groups is 1. The maximum absolute atomic E-state index is 13.1. The molecule has 31 heavy (non-hydrogen) atoms. The Morgan fingerprint density at radius 3 is 2.65 bits per heavy atom. The molecule has 2 aromatic rings. The largest absolute Gasteiger partial charge is 0.342 e. The lowest BCUT2D eigenvalue weighted by Gasteiger charge is -2.33. The molecule has 0 N–H and O–H groups in total. The minimum absolute atomic E-state index is 0.0429. The molecule has 0 saturated carbocycles. The number of nitrogens with zero attached hydrogens (tertiary/aromatic N) is 4. The standard InChI is InChI=1S/C21H24N4O5S/c26-21(23-12-9-17(14-23)16-5-3-10-22-13-16)18-6-4-11-24(15-18)31(29,30)20-8-2-1-7-19(20)25(27)28/h1-3,5,7-8,10,13,17-18H,4,6,9,11-12,14-15H2. The zero-order chi connectivity index (χ0) is 22.0. The zero-order valence-corrected chi connectivity index (χ0v) is 17.8. The third-order valence-electron chi connectivity index (χ3n) is 6.07. The molecular formula is C21H24N4O5S. The number of rotatable bonds is 5. The van der Waals surface area contributed by atoms with Crippen molar-refractivity contribution in [2.75, 3.05) is 26.2 Å². The Labute approximate surface area is 180 Å². The van der Waals surface area contributed by atoms with Gasteiger partial charge in [-0.3, -0.25) is 19.9 Å². The molecule has 2 aliphatic heterocycles. The van der Waals surface area contributed by atoms with Gasteiger partial charge in [0.2, 0.25) is 15.9 Å². The van der Waals surface area contributed by atoms with Crippen LogP contribution in [0, 0.1) is 16.0 Å². The normalized spacial score (nSPS) is 22.4. The Morgan fingerprint density at radius 1 is 1.10 bits per heavy atom. The van der Waals surface area contributed by atoms with Gasteiger partial charge in [-0.15, -0.1) is 0 Å². The number of piperidine rings is 1. The monoisotopic (exact) mass is 444 g/mol. The third kappa shape index (κ3) is 4.31. The van der Waals surface area contributed by atoms with Gasteiger partial charge in [-0.1, -0.05) is 18.2 Å². The zero-order valence-electron chi connectivity index (χ0n) is 17.0. The number of para-hydroxylation sites is 1. The first kappa shape index (κ1) is 21.4. The van der Waals surface area contributed by atoms with E-state index in [0.29, 0.717) is 25.9 Å². The van der Waals surface area contributed by atoms with Crippen molar-refractivity contribution in [3.8, 4) is 0 Å². The molecule has 1 amide bonds. The van der Waals surface area contributed by atoms with Crippen LogP contribution in [-0.4, -0.2) is 59.6 Å². The lowest BCUT2D eigenvalue weighted by molar-refractivity contribution is -0.387. The van der Waals surface area contributed by atoms with Crippen LogP contribution in [-0.2, 0) is 14.8 Å². The topological polar surface area (TPSA) is 114 Å². The quantitative estimate of drug-likeness (QED) is 0.517. The van der Waals surface area contributed by atoms with Gasteiger partial charge in [0, 0.05) is 50.6 Å². The van der Waals surface area contributed by atoms with Crippen LogP contribution in [0.5, 0.6) is 0 Å². The molecule has 1 aromatic carbocycles. The number of carbonyl (C=O) groups excluding carboxylic acids is 1. The molecule has 3 heterocycles. The number of carbonyl (C=O) groups is 1. The molecular weight excluding hydrogens is 420 g/mol. The molecule has 2 saturated heterocycles. The lowest BCUT2D eigenvalue weighted by Crippen LogP contribution is -2.46. The van der Waals surface area contributed by atoms with Crippen LogP contribution < -0.4 is 0 Å². The van der Waals surface area contributed by atoms with Gasteiger partial charge < -0.3 is 4.90 Å². The minimum Gasteiger partial charge on any atom is -0.342 e. The van der Waals surface area contributed by atoms with Crippen molar-refractivity contribution in [1.29, 1.82) is 0 Å². The van der Waals surface area contributed by atoms with Crippen LogP contribution in [0.25, 0.3) is 0 Å². The molecule has 2 unspecified atom stereocenters. The van der Waals surface area contributed by atoms with Crippen LogP contribution in [0.1, 0.15) is 30.7 Å². The average Bonchev–Trinajstić information content (AvgIpc) is 3.29. The van der Waals surface area contributed by atoms with Crippen molar-refractivity contribution < 1.29 is 18.1 Å². The fourth-order valence-corrected chi connectivity index (χ4v) is 6.12. The molecule has 164 valence electrons. The second-order valence-electron chi connectivity index (χ2n) is 7.98. The minimum atomic E-state index is -4.07. The smallest absolute Gasteiger partial charge is 0.289 e. The number of pyridine rings is 1. The first-order chi connectivity index (χ1) is 14.9. The summed E-state index contributed by atoms with van der Waals surface area (Å²) < 4.78 is 27.5. The Hall–Kier alpha value is -2.85. The SMILES string of the molecule is O=C(C1CCCN(S(=O)(=O)c2ccccc2[N+](=O)[O-])C1)N1CCC(c2cccnc2)C1. The molecule has 9 nitrogen and oxygen atoms in total. The van der Waals surface area contributed by atoms with Gasteiger partial charge in [-0.05, 0) is 37.0 Å². The number of aromatic nitrogens is 1.